The van der Waals surface area contributed by atoms with Crippen LogP contribution in [-0.2, 0) is 6.18 Å². The van der Waals surface area contributed by atoms with Crippen molar-refractivity contribution in [3.8, 4) is 0 Å². The number of aromatic nitrogens is 3. The van der Waals surface area contributed by atoms with Crippen LogP contribution in [0.25, 0.3) is 12.2 Å². The van der Waals surface area contributed by atoms with Gasteiger partial charge >= 0.3 is 12.2 Å². The number of carbonyl (C=O) groups excluding carboxylic acids is 1. The van der Waals surface area contributed by atoms with Gasteiger partial charge < -0.3 is 5.32 Å². The molecule has 0 saturated carbocycles. The molecule has 10 heteroatoms. The van der Waals surface area contributed by atoms with E-state index in [-0.39, 0.29) is 10.7 Å². The van der Waals surface area contributed by atoms with Gasteiger partial charge in [0.15, 0.2) is 0 Å². The molecule has 2 aromatic heterocycles. The van der Waals surface area contributed by atoms with E-state index in [4.69, 9.17) is 23.2 Å². The average molecular weight is 427 g/mol. The SMILES string of the molecule is O=C(Nc1ccc(Cl)cc1)n1ccc(/C=C/c2ncc(C(F)(F)F)cc2Cl)n1. The monoisotopic (exact) mass is 426 g/mol. The summed E-state index contributed by atoms with van der Waals surface area (Å²) in [6, 6.07) is 8.41. The number of anilines is 1. The first-order valence-electron chi connectivity index (χ1n) is 7.76. The normalized spacial score (nSPS) is 11.8. The number of hydrogen-bond donors (Lipinski definition) is 1. The maximum absolute atomic E-state index is 12.6. The van der Waals surface area contributed by atoms with Gasteiger partial charge in [-0.2, -0.15) is 23.0 Å². The van der Waals surface area contributed by atoms with Gasteiger partial charge in [-0.3, -0.25) is 4.98 Å². The van der Waals surface area contributed by atoms with Gasteiger partial charge in [0.05, 0.1) is 22.0 Å². The Labute approximate surface area is 167 Å². The Balaban J connectivity index is 1.70. The molecular weight excluding hydrogens is 416 g/mol. The maximum atomic E-state index is 12.6. The van der Waals surface area contributed by atoms with E-state index >= 15 is 0 Å². The first-order valence-corrected chi connectivity index (χ1v) is 8.51. The van der Waals surface area contributed by atoms with Crippen LogP contribution in [0.2, 0.25) is 10.0 Å². The highest BCUT2D eigenvalue weighted by atomic mass is 35.5. The van der Waals surface area contributed by atoms with Crippen molar-refractivity contribution in [2.45, 2.75) is 6.18 Å². The molecule has 0 spiro atoms. The largest absolute Gasteiger partial charge is 0.417 e. The number of hydrogen-bond acceptors (Lipinski definition) is 3. The van der Waals surface area contributed by atoms with Gasteiger partial charge in [0, 0.05) is 23.1 Å². The number of alkyl halides is 3. The summed E-state index contributed by atoms with van der Waals surface area (Å²) in [5.41, 5.74) is 0.152. The van der Waals surface area contributed by atoms with Crippen molar-refractivity contribution in [1.29, 1.82) is 0 Å². The van der Waals surface area contributed by atoms with Crippen LogP contribution in [0.1, 0.15) is 17.0 Å². The number of pyridine rings is 1. The number of halogens is 5. The fraction of sp³-hybridized carbons (Fsp3) is 0.0556. The number of nitrogens with zero attached hydrogens (tertiary/aromatic N) is 3. The Morgan fingerprint density at radius 3 is 2.46 bits per heavy atom. The number of benzene rings is 1. The molecule has 0 unspecified atom stereocenters. The lowest BCUT2D eigenvalue weighted by molar-refractivity contribution is -0.137. The zero-order chi connectivity index (χ0) is 20.3. The molecule has 2 heterocycles. The third kappa shape index (κ3) is 4.90. The van der Waals surface area contributed by atoms with Crippen LogP contribution < -0.4 is 5.32 Å². The summed E-state index contributed by atoms with van der Waals surface area (Å²) in [6.07, 6.45) is 0.505. The Bertz CT molecular complexity index is 1030. The fourth-order valence-corrected chi connectivity index (χ4v) is 2.50. The average Bonchev–Trinajstić information content (AvgIpc) is 3.11. The number of rotatable bonds is 3. The van der Waals surface area contributed by atoms with Gasteiger partial charge in [-0.1, -0.05) is 23.2 Å². The Morgan fingerprint density at radius 2 is 1.82 bits per heavy atom. The fourth-order valence-electron chi connectivity index (χ4n) is 2.14. The molecule has 3 aromatic rings. The number of amides is 1. The van der Waals surface area contributed by atoms with Crippen molar-refractivity contribution in [2.75, 3.05) is 5.32 Å². The van der Waals surface area contributed by atoms with Crippen LogP contribution in [0.3, 0.4) is 0 Å². The molecule has 144 valence electrons. The molecule has 0 atom stereocenters. The van der Waals surface area contributed by atoms with Crippen molar-refractivity contribution in [2.24, 2.45) is 0 Å². The predicted molar refractivity (Wildman–Crippen MR) is 101 cm³/mol. The third-order valence-corrected chi connectivity index (χ3v) is 4.08. The summed E-state index contributed by atoms with van der Waals surface area (Å²) in [5, 5.41) is 7.10. The second-order valence-electron chi connectivity index (χ2n) is 5.54. The molecule has 28 heavy (non-hydrogen) atoms. The van der Waals surface area contributed by atoms with Crippen molar-refractivity contribution >= 4 is 47.1 Å². The number of nitrogens with one attached hydrogen (secondary N) is 1. The molecule has 0 radical (unpaired) electrons. The first-order chi connectivity index (χ1) is 13.2. The lowest BCUT2D eigenvalue weighted by Crippen LogP contribution is -2.19. The van der Waals surface area contributed by atoms with Gasteiger partial charge in [0.25, 0.3) is 0 Å². The molecule has 1 amide bonds. The van der Waals surface area contributed by atoms with Crippen LogP contribution in [0.15, 0.2) is 48.8 Å². The molecule has 0 saturated heterocycles. The molecule has 1 aromatic carbocycles. The van der Waals surface area contributed by atoms with E-state index in [0.29, 0.717) is 22.6 Å². The summed E-state index contributed by atoms with van der Waals surface area (Å²) < 4.78 is 39.0. The zero-order valence-corrected chi connectivity index (χ0v) is 15.4. The molecule has 5 nitrogen and oxygen atoms in total. The molecule has 1 N–H and O–H groups in total. The van der Waals surface area contributed by atoms with Crippen LogP contribution >= 0.6 is 23.2 Å². The highest BCUT2D eigenvalue weighted by Gasteiger charge is 2.31. The zero-order valence-electron chi connectivity index (χ0n) is 13.9. The smallest absolute Gasteiger partial charge is 0.306 e. The van der Waals surface area contributed by atoms with Gasteiger partial charge in [-0.25, -0.2) is 4.79 Å². The molecule has 3 rings (SSSR count). The van der Waals surface area contributed by atoms with E-state index in [1.807, 2.05) is 0 Å². The summed E-state index contributed by atoms with van der Waals surface area (Å²) >= 11 is 11.6. The van der Waals surface area contributed by atoms with E-state index in [0.717, 1.165) is 10.7 Å². The summed E-state index contributed by atoms with van der Waals surface area (Å²) in [7, 11) is 0. The minimum Gasteiger partial charge on any atom is -0.306 e. The second kappa shape index (κ2) is 8.04. The Morgan fingerprint density at radius 1 is 1.11 bits per heavy atom. The third-order valence-electron chi connectivity index (χ3n) is 3.52. The summed E-state index contributed by atoms with van der Waals surface area (Å²) in [4.78, 5) is 15.9. The second-order valence-corrected chi connectivity index (χ2v) is 6.39. The molecule has 0 aliphatic rings. The molecular formula is C18H11Cl2F3N4O. The summed E-state index contributed by atoms with van der Waals surface area (Å²) in [6.45, 7) is 0. The quantitative estimate of drug-likeness (QED) is 0.570. The Kier molecular flexibility index (Phi) is 5.71. The molecule has 0 aliphatic heterocycles. The van der Waals surface area contributed by atoms with Crippen molar-refractivity contribution in [3.05, 3.63) is 75.8 Å². The van der Waals surface area contributed by atoms with Gasteiger partial charge in [0.2, 0.25) is 0 Å². The van der Waals surface area contributed by atoms with Crippen LogP contribution in [0, 0.1) is 0 Å². The molecule has 0 aliphatic carbocycles. The Hall–Kier alpha value is -2.84. The molecule has 0 bridgehead atoms. The number of carbonyl (C=O) groups is 1. The summed E-state index contributed by atoms with van der Waals surface area (Å²) in [5.74, 6) is 0. The van der Waals surface area contributed by atoms with Crippen LogP contribution in [0.5, 0.6) is 0 Å². The molecule has 0 fully saturated rings. The minimum absolute atomic E-state index is 0.147. The highest BCUT2D eigenvalue weighted by molar-refractivity contribution is 6.32. The van der Waals surface area contributed by atoms with Crippen LogP contribution in [-0.4, -0.2) is 20.8 Å². The van der Waals surface area contributed by atoms with Gasteiger partial charge in [-0.15, -0.1) is 0 Å². The van der Waals surface area contributed by atoms with Crippen molar-refractivity contribution < 1.29 is 18.0 Å². The first kappa shape index (κ1) is 19.9. The van der Waals surface area contributed by atoms with Crippen LogP contribution in [0.4, 0.5) is 23.7 Å². The maximum Gasteiger partial charge on any atom is 0.417 e. The predicted octanol–water partition coefficient (Wildman–Crippen LogP) is 5.85. The van der Waals surface area contributed by atoms with Crippen molar-refractivity contribution in [3.63, 3.8) is 0 Å². The van der Waals surface area contributed by atoms with Gasteiger partial charge in [0.1, 0.15) is 0 Å². The minimum atomic E-state index is -4.52. The highest BCUT2D eigenvalue weighted by Crippen LogP contribution is 2.31. The van der Waals surface area contributed by atoms with E-state index in [2.05, 4.69) is 15.4 Å². The standard InChI is InChI=1S/C18H11Cl2F3N4O/c19-12-1-3-13(4-2-12)25-17(28)27-8-7-14(26-27)5-6-16-15(20)9-11(10-24-16)18(21,22)23/h1-10H,(H,25,28)/b6-5+. The van der Waals surface area contributed by atoms with Crippen molar-refractivity contribution in [1.82, 2.24) is 14.8 Å². The van der Waals surface area contributed by atoms with E-state index in [1.54, 1.807) is 30.3 Å². The van der Waals surface area contributed by atoms with E-state index in [1.165, 1.54) is 18.3 Å². The topological polar surface area (TPSA) is 59.8 Å². The lowest BCUT2D eigenvalue weighted by Gasteiger charge is -2.07. The van der Waals surface area contributed by atoms with Gasteiger partial charge in [-0.05, 0) is 48.6 Å². The van der Waals surface area contributed by atoms with E-state index in [9.17, 15) is 18.0 Å². The van der Waals surface area contributed by atoms with E-state index < -0.39 is 17.8 Å². The lowest BCUT2D eigenvalue weighted by atomic mass is 10.2.